The normalized spacial score (nSPS) is 26.9. The van der Waals surface area contributed by atoms with Gasteiger partial charge in [0, 0.05) is 12.6 Å². The number of hydrogen-bond donors (Lipinski definition) is 1. The van der Waals surface area contributed by atoms with Crippen LogP contribution in [0.4, 0.5) is 0 Å². The number of nitrogens with zero attached hydrogens (tertiary/aromatic N) is 1. The second kappa shape index (κ2) is 6.93. The minimum Gasteiger partial charge on any atom is -0.356 e. The molecule has 27 heavy (non-hydrogen) atoms. The number of rotatable bonds is 5. The van der Waals surface area contributed by atoms with Crippen molar-refractivity contribution in [3.05, 3.63) is 35.9 Å². The van der Waals surface area contributed by atoms with Gasteiger partial charge in [0.15, 0.2) is 6.10 Å². The van der Waals surface area contributed by atoms with E-state index in [1.165, 1.54) is 0 Å². The van der Waals surface area contributed by atoms with Gasteiger partial charge in [-0.15, -0.1) is 0 Å². The maximum Gasteiger partial charge on any atom is 0.251 e. The minimum absolute atomic E-state index is 0.0109. The molecule has 1 saturated heterocycles. The lowest BCUT2D eigenvalue weighted by molar-refractivity contribution is -0.167. The third kappa shape index (κ3) is 3.38. The first-order valence-corrected chi connectivity index (χ1v) is 9.84. The Bertz CT molecular complexity index is 698. The van der Waals surface area contributed by atoms with E-state index in [4.69, 9.17) is 4.74 Å². The van der Waals surface area contributed by atoms with Crippen LogP contribution in [0.25, 0.3) is 0 Å². The summed E-state index contributed by atoms with van der Waals surface area (Å²) < 4.78 is 5.75. The van der Waals surface area contributed by atoms with Gasteiger partial charge in [-0.1, -0.05) is 58.0 Å². The van der Waals surface area contributed by atoms with Gasteiger partial charge in [0.05, 0.1) is 6.04 Å². The van der Waals surface area contributed by atoms with Gasteiger partial charge in [-0.25, -0.2) is 0 Å². The Hall–Kier alpha value is -1.88. The van der Waals surface area contributed by atoms with Crippen LogP contribution in [0.5, 0.6) is 0 Å². The number of ether oxygens (including phenoxy) is 1. The SMILES string of the molecule is CC(C)N1C(=O)CO[C@H](C(=O)NCC2C(C)(C)C2(C)C)[C@H]1c1ccccc1. The quantitative estimate of drug-likeness (QED) is 0.864. The fourth-order valence-electron chi connectivity index (χ4n) is 4.59. The molecule has 2 aliphatic rings. The number of benzene rings is 1. The first kappa shape index (κ1) is 19.9. The molecule has 0 aromatic heterocycles. The Labute approximate surface area is 162 Å². The standard InChI is InChI=1S/C22H32N2O3/c1-14(2)24-17(25)13-27-19(18(24)15-10-8-7-9-11-15)20(26)23-12-16-21(3,4)22(16,5)6/h7-11,14,16,18-19H,12-13H2,1-6H3,(H,23,26)/t18-,19+/m1/s1. The van der Waals surface area contributed by atoms with E-state index in [0.717, 1.165) is 5.56 Å². The first-order valence-electron chi connectivity index (χ1n) is 9.84. The molecule has 0 radical (unpaired) electrons. The van der Waals surface area contributed by atoms with E-state index in [2.05, 4.69) is 33.0 Å². The molecule has 1 N–H and O–H groups in total. The molecule has 1 aromatic rings. The van der Waals surface area contributed by atoms with Crippen molar-refractivity contribution in [3.8, 4) is 0 Å². The van der Waals surface area contributed by atoms with Crippen molar-refractivity contribution in [1.82, 2.24) is 10.2 Å². The van der Waals surface area contributed by atoms with Crippen molar-refractivity contribution in [2.45, 2.75) is 59.7 Å². The third-order valence-corrected chi connectivity index (χ3v) is 7.02. The van der Waals surface area contributed by atoms with Crippen molar-refractivity contribution in [2.24, 2.45) is 16.7 Å². The van der Waals surface area contributed by atoms with Crippen LogP contribution in [0.1, 0.15) is 53.1 Å². The molecule has 2 atom stereocenters. The Balaban J connectivity index is 1.79. The van der Waals surface area contributed by atoms with Crippen LogP contribution in [-0.2, 0) is 14.3 Å². The van der Waals surface area contributed by atoms with Crippen LogP contribution >= 0.6 is 0 Å². The second-order valence-corrected chi connectivity index (χ2v) is 9.22. The highest BCUT2D eigenvalue weighted by atomic mass is 16.5. The van der Waals surface area contributed by atoms with Gasteiger partial charge in [0.1, 0.15) is 6.61 Å². The molecule has 1 aromatic carbocycles. The molecule has 2 fully saturated rings. The molecule has 1 aliphatic carbocycles. The van der Waals surface area contributed by atoms with Crippen LogP contribution in [-0.4, -0.2) is 42.0 Å². The average Bonchev–Trinajstić information content (AvgIpc) is 3.01. The molecule has 2 amide bonds. The van der Waals surface area contributed by atoms with E-state index in [0.29, 0.717) is 12.5 Å². The maximum absolute atomic E-state index is 13.0. The Morgan fingerprint density at radius 3 is 2.30 bits per heavy atom. The van der Waals surface area contributed by atoms with Gasteiger partial charge in [-0.2, -0.15) is 0 Å². The smallest absolute Gasteiger partial charge is 0.251 e. The minimum atomic E-state index is -0.697. The van der Waals surface area contributed by atoms with Gasteiger partial charge in [0.25, 0.3) is 5.91 Å². The molecule has 5 heteroatoms. The molecule has 3 rings (SSSR count). The molecule has 1 saturated carbocycles. The lowest BCUT2D eigenvalue weighted by atomic mass is 9.95. The van der Waals surface area contributed by atoms with E-state index in [-0.39, 0.29) is 35.3 Å². The van der Waals surface area contributed by atoms with E-state index in [1.807, 2.05) is 44.2 Å². The van der Waals surface area contributed by atoms with Crippen LogP contribution in [0.15, 0.2) is 30.3 Å². The van der Waals surface area contributed by atoms with Crippen LogP contribution < -0.4 is 5.32 Å². The van der Waals surface area contributed by atoms with E-state index in [9.17, 15) is 9.59 Å². The summed E-state index contributed by atoms with van der Waals surface area (Å²) in [5.74, 6) is 0.225. The summed E-state index contributed by atoms with van der Waals surface area (Å²) in [5, 5.41) is 3.10. The summed E-state index contributed by atoms with van der Waals surface area (Å²) in [4.78, 5) is 27.3. The zero-order valence-corrected chi connectivity index (χ0v) is 17.3. The molecule has 148 valence electrons. The number of carbonyl (C=O) groups is 2. The van der Waals surface area contributed by atoms with E-state index in [1.54, 1.807) is 4.90 Å². The van der Waals surface area contributed by atoms with Gasteiger partial charge < -0.3 is 15.0 Å². The molecule has 1 heterocycles. The number of morpholine rings is 1. The number of amides is 2. The molecule has 0 bridgehead atoms. The van der Waals surface area contributed by atoms with Crippen LogP contribution in [0.2, 0.25) is 0 Å². The Morgan fingerprint density at radius 2 is 1.78 bits per heavy atom. The lowest BCUT2D eigenvalue weighted by Crippen LogP contribution is -2.56. The van der Waals surface area contributed by atoms with E-state index < -0.39 is 12.1 Å². The van der Waals surface area contributed by atoms with Crippen molar-refractivity contribution >= 4 is 11.8 Å². The third-order valence-electron chi connectivity index (χ3n) is 7.02. The summed E-state index contributed by atoms with van der Waals surface area (Å²) in [5.41, 5.74) is 1.35. The topological polar surface area (TPSA) is 58.6 Å². The van der Waals surface area contributed by atoms with Gasteiger partial charge >= 0.3 is 0 Å². The highest BCUT2D eigenvalue weighted by Crippen LogP contribution is 2.67. The summed E-state index contributed by atoms with van der Waals surface area (Å²) in [6.45, 7) is 13.5. The number of carbonyl (C=O) groups excluding carboxylic acids is 2. The predicted molar refractivity (Wildman–Crippen MR) is 105 cm³/mol. The largest absolute Gasteiger partial charge is 0.356 e. The lowest BCUT2D eigenvalue weighted by Gasteiger charge is -2.42. The van der Waals surface area contributed by atoms with Gasteiger partial charge in [0.2, 0.25) is 5.91 Å². The second-order valence-electron chi connectivity index (χ2n) is 9.22. The van der Waals surface area contributed by atoms with Gasteiger partial charge in [-0.3, -0.25) is 9.59 Å². The summed E-state index contributed by atoms with van der Waals surface area (Å²) >= 11 is 0. The first-order chi connectivity index (χ1) is 12.6. The number of hydrogen-bond acceptors (Lipinski definition) is 3. The molecular weight excluding hydrogens is 340 g/mol. The van der Waals surface area contributed by atoms with Crippen LogP contribution in [0, 0.1) is 16.7 Å². The predicted octanol–water partition coefficient (Wildman–Crippen LogP) is 3.16. The van der Waals surface area contributed by atoms with Crippen LogP contribution in [0.3, 0.4) is 0 Å². The number of nitrogens with one attached hydrogen (secondary N) is 1. The maximum atomic E-state index is 13.0. The van der Waals surface area contributed by atoms with Crippen molar-refractivity contribution in [3.63, 3.8) is 0 Å². The Kier molecular flexibility index (Phi) is 5.10. The Morgan fingerprint density at radius 1 is 1.19 bits per heavy atom. The fraction of sp³-hybridized carbons (Fsp3) is 0.636. The highest BCUT2D eigenvalue weighted by Gasteiger charge is 2.64. The van der Waals surface area contributed by atoms with E-state index >= 15 is 0 Å². The van der Waals surface area contributed by atoms with Crippen molar-refractivity contribution in [1.29, 1.82) is 0 Å². The van der Waals surface area contributed by atoms with Gasteiger partial charge in [-0.05, 0) is 36.2 Å². The zero-order chi connectivity index (χ0) is 20.0. The summed E-state index contributed by atoms with van der Waals surface area (Å²) in [7, 11) is 0. The molecule has 0 spiro atoms. The molecule has 0 unspecified atom stereocenters. The van der Waals surface area contributed by atoms with Crippen molar-refractivity contribution < 1.29 is 14.3 Å². The highest BCUT2D eigenvalue weighted by molar-refractivity contribution is 5.86. The average molecular weight is 373 g/mol. The fourth-order valence-corrected chi connectivity index (χ4v) is 4.59. The summed E-state index contributed by atoms with van der Waals surface area (Å²) in [6.07, 6.45) is -0.697. The molecule has 5 nitrogen and oxygen atoms in total. The summed E-state index contributed by atoms with van der Waals surface area (Å²) in [6, 6.07) is 9.27. The zero-order valence-electron chi connectivity index (χ0n) is 17.3. The molecule has 1 aliphatic heterocycles. The van der Waals surface area contributed by atoms with Crippen molar-refractivity contribution in [2.75, 3.05) is 13.2 Å². The monoisotopic (exact) mass is 372 g/mol. The molecular formula is C22H32N2O3.